The maximum atomic E-state index is 6.45. The van der Waals surface area contributed by atoms with E-state index in [1.54, 1.807) is 0 Å². The topological polar surface area (TPSA) is 12.0 Å². The van der Waals surface area contributed by atoms with Crippen LogP contribution in [-0.2, 0) is 6.42 Å². The second-order valence-electron chi connectivity index (χ2n) is 5.84. The molecule has 0 aliphatic carbocycles. The van der Waals surface area contributed by atoms with E-state index >= 15 is 0 Å². The Labute approximate surface area is 133 Å². The molecule has 1 unspecified atom stereocenters. The Bertz CT molecular complexity index is 599. The standard InChI is InChI=1S/C19H24ClN/c1-5-21-19(17-7-6-13(2)11-18(17)20)12-16-9-14(3)8-15(4)10-16/h6-11,19,21H,5,12H2,1-4H3. The van der Waals surface area contributed by atoms with Crippen molar-refractivity contribution >= 4 is 11.6 Å². The summed E-state index contributed by atoms with van der Waals surface area (Å²) in [5.41, 5.74) is 6.37. The largest absolute Gasteiger partial charge is 0.310 e. The van der Waals surface area contributed by atoms with Gasteiger partial charge in [-0.15, -0.1) is 0 Å². The quantitative estimate of drug-likeness (QED) is 0.804. The third kappa shape index (κ3) is 4.33. The highest BCUT2D eigenvalue weighted by Crippen LogP contribution is 2.27. The van der Waals surface area contributed by atoms with Gasteiger partial charge in [0.2, 0.25) is 0 Å². The molecular formula is C19H24ClN. The van der Waals surface area contributed by atoms with Crippen LogP contribution in [-0.4, -0.2) is 6.54 Å². The van der Waals surface area contributed by atoms with E-state index < -0.39 is 0 Å². The Morgan fingerprint density at radius 3 is 2.19 bits per heavy atom. The third-order valence-electron chi connectivity index (χ3n) is 3.70. The van der Waals surface area contributed by atoms with Gasteiger partial charge >= 0.3 is 0 Å². The molecule has 0 bridgehead atoms. The molecule has 0 radical (unpaired) electrons. The number of hydrogen-bond acceptors (Lipinski definition) is 1. The lowest BCUT2D eigenvalue weighted by Gasteiger charge is -2.20. The zero-order valence-corrected chi connectivity index (χ0v) is 14.1. The Morgan fingerprint density at radius 2 is 1.62 bits per heavy atom. The summed E-state index contributed by atoms with van der Waals surface area (Å²) in [7, 11) is 0. The second-order valence-corrected chi connectivity index (χ2v) is 6.24. The molecule has 0 saturated heterocycles. The molecule has 0 aliphatic rings. The molecule has 2 aromatic carbocycles. The van der Waals surface area contributed by atoms with E-state index in [9.17, 15) is 0 Å². The van der Waals surface area contributed by atoms with Crippen molar-refractivity contribution in [1.82, 2.24) is 5.32 Å². The first-order valence-electron chi connectivity index (χ1n) is 7.56. The molecule has 0 saturated carbocycles. The van der Waals surface area contributed by atoms with Gasteiger partial charge < -0.3 is 5.32 Å². The van der Waals surface area contributed by atoms with Crippen LogP contribution in [0, 0.1) is 20.8 Å². The molecule has 0 fully saturated rings. The van der Waals surface area contributed by atoms with Crippen molar-refractivity contribution in [3.05, 3.63) is 69.2 Å². The lowest BCUT2D eigenvalue weighted by molar-refractivity contribution is 0.549. The molecule has 0 amide bonds. The third-order valence-corrected chi connectivity index (χ3v) is 4.03. The number of hydrogen-bond donors (Lipinski definition) is 1. The summed E-state index contributed by atoms with van der Waals surface area (Å²) in [6.45, 7) is 9.44. The van der Waals surface area contributed by atoms with E-state index in [0.29, 0.717) is 0 Å². The minimum atomic E-state index is 0.254. The molecule has 112 valence electrons. The predicted octanol–water partition coefficient (Wildman–Crippen LogP) is 5.16. The summed E-state index contributed by atoms with van der Waals surface area (Å²) in [5.74, 6) is 0. The van der Waals surface area contributed by atoms with E-state index in [1.807, 2.05) is 6.07 Å². The normalized spacial score (nSPS) is 12.4. The van der Waals surface area contributed by atoms with E-state index in [-0.39, 0.29) is 6.04 Å². The van der Waals surface area contributed by atoms with Crippen molar-refractivity contribution in [2.45, 2.75) is 40.2 Å². The van der Waals surface area contributed by atoms with E-state index in [2.05, 4.69) is 63.3 Å². The monoisotopic (exact) mass is 301 g/mol. The fraction of sp³-hybridized carbons (Fsp3) is 0.368. The van der Waals surface area contributed by atoms with Gasteiger partial charge in [0.15, 0.2) is 0 Å². The SMILES string of the molecule is CCNC(Cc1cc(C)cc(C)c1)c1ccc(C)cc1Cl. The van der Waals surface area contributed by atoms with Crippen LogP contribution in [0.3, 0.4) is 0 Å². The zero-order chi connectivity index (χ0) is 15.4. The fourth-order valence-electron chi connectivity index (χ4n) is 2.88. The highest BCUT2D eigenvalue weighted by atomic mass is 35.5. The van der Waals surface area contributed by atoms with Gasteiger partial charge in [-0.2, -0.15) is 0 Å². The van der Waals surface area contributed by atoms with E-state index in [0.717, 1.165) is 18.0 Å². The molecular weight excluding hydrogens is 278 g/mol. The fourth-order valence-corrected chi connectivity index (χ4v) is 3.24. The van der Waals surface area contributed by atoms with Gasteiger partial charge in [0.25, 0.3) is 0 Å². The first-order valence-corrected chi connectivity index (χ1v) is 7.94. The van der Waals surface area contributed by atoms with Crippen molar-refractivity contribution in [3.63, 3.8) is 0 Å². The van der Waals surface area contributed by atoms with Crippen molar-refractivity contribution < 1.29 is 0 Å². The number of aryl methyl sites for hydroxylation is 3. The van der Waals surface area contributed by atoms with Crippen molar-refractivity contribution in [3.8, 4) is 0 Å². The number of benzene rings is 2. The summed E-state index contributed by atoms with van der Waals surface area (Å²) < 4.78 is 0. The molecule has 2 heteroatoms. The first kappa shape index (κ1) is 16.1. The lowest BCUT2D eigenvalue weighted by atomic mass is 9.96. The molecule has 1 N–H and O–H groups in total. The average Bonchev–Trinajstić information content (AvgIpc) is 2.37. The minimum Gasteiger partial charge on any atom is -0.310 e. The van der Waals surface area contributed by atoms with Crippen LogP contribution in [0.4, 0.5) is 0 Å². The van der Waals surface area contributed by atoms with Crippen molar-refractivity contribution in [2.75, 3.05) is 6.54 Å². The smallest absolute Gasteiger partial charge is 0.0456 e. The Morgan fingerprint density at radius 1 is 0.952 bits per heavy atom. The maximum Gasteiger partial charge on any atom is 0.0456 e. The van der Waals surface area contributed by atoms with E-state index in [1.165, 1.54) is 27.8 Å². The van der Waals surface area contributed by atoms with Crippen LogP contribution in [0.25, 0.3) is 0 Å². The summed E-state index contributed by atoms with van der Waals surface area (Å²) in [5, 5.41) is 4.41. The van der Waals surface area contributed by atoms with Gasteiger partial charge in [-0.3, -0.25) is 0 Å². The molecule has 0 spiro atoms. The Kier molecular flexibility index (Phi) is 5.44. The van der Waals surface area contributed by atoms with Crippen molar-refractivity contribution in [2.24, 2.45) is 0 Å². The van der Waals surface area contributed by atoms with Crippen LogP contribution in [0.1, 0.15) is 40.8 Å². The number of rotatable bonds is 5. The van der Waals surface area contributed by atoms with Gasteiger partial charge in [0.1, 0.15) is 0 Å². The molecule has 0 aliphatic heterocycles. The zero-order valence-electron chi connectivity index (χ0n) is 13.3. The summed E-state index contributed by atoms with van der Waals surface area (Å²) in [4.78, 5) is 0. The summed E-state index contributed by atoms with van der Waals surface area (Å²) in [6.07, 6.45) is 0.957. The Balaban J connectivity index is 2.30. The highest BCUT2D eigenvalue weighted by Gasteiger charge is 2.15. The molecule has 1 nitrogen and oxygen atoms in total. The van der Waals surface area contributed by atoms with Crippen LogP contribution < -0.4 is 5.32 Å². The van der Waals surface area contributed by atoms with Gasteiger partial charge in [0.05, 0.1) is 0 Å². The number of likely N-dealkylation sites (N-methyl/N-ethyl adjacent to an activating group) is 1. The summed E-state index contributed by atoms with van der Waals surface area (Å²) in [6, 6.07) is 13.3. The van der Waals surface area contributed by atoms with Crippen LogP contribution in [0.5, 0.6) is 0 Å². The molecule has 0 heterocycles. The Hall–Kier alpha value is -1.31. The molecule has 2 aromatic rings. The molecule has 1 atom stereocenters. The molecule has 21 heavy (non-hydrogen) atoms. The predicted molar refractivity (Wildman–Crippen MR) is 92.2 cm³/mol. The summed E-state index contributed by atoms with van der Waals surface area (Å²) >= 11 is 6.45. The van der Waals surface area contributed by atoms with Gasteiger partial charge in [-0.1, -0.05) is 60.0 Å². The molecule has 0 aromatic heterocycles. The number of halogens is 1. The minimum absolute atomic E-state index is 0.254. The van der Waals surface area contributed by atoms with Crippen molar-refractivity contribution in [1.29, 1.82) is 0 Å². The van der Waals surface area contributed by atoms with E-state index in [4.69, 9.17) is 11.6 Å². The highest BCUT2D eigenvalue weighted by molar-refractivity contribution is 6.31. The number of nitrogens with one attached hydrogen (secondary N) is 1. The van der Waals surface area contributed by atoms with Gasteiger partial charge in [-0.25, -0.2) is 0 Å². The average molecular weight is 302 g/mol. The van der Waals surface area contributed by atoms with Gasteiger partial charge in [-0.05, 0) is 56.5 Å². The van der Waals surface area contributed by atoms with Crippen LogP contribution in [0.15, 0.2) is 36.4 Å². The lowest BCUT2D eigenvalue weighted by Crippen LogP contribution is -2.23. The van der Waals surface area contributed by atoms with Gasteiger partial charge in [0, 0.05) is 11.1 Å². The van der Waals surface area contributed by atoms with Crippen LogP contribution in [0.2, 0.25) is 5.02 Å². The molecule has 2 rings (SSSR count). The maximum absolute atomic E-state index is 6.45. The van der Waals surface area contributed by atoms with Crippen LogP contribution >= 0.6 is 11.6 Å². The first-order chi connectivity index (χ1) is 9.99. The second kappa shape index (κ2) is 7.11.